The monoisotopic (exact) mass is 308 g/mol. The van der Waals surface area contributed by atoms with Gasteiger partial charge in [0.25, 0.3) is 0 Å². The Kier molecular flexibility index (Phi) is 3.05. The van der Waals surface area contributed by atoms with Crippen molar-refractivity contribution in [3.05, 3.63) is 59.6 Å². The largest absolute Gasteiger partial charge is 0.345 e. The molecule has 102 valence electrons. The highest BCUT2D eigenvalue weighted by Gasteiger charge is 2.14. The van der Waals surface area contributed by atoms with E-state index >= 15 is 0 Å². The summed E-state index contributed by atoms with van der Waals surface area (Å²) in [6, 6.07) is 12.4. The number of rotatable bonds is 2. The molecule has 0 unspecified atom stereocenters. The first-order valence-corrected chi connectivity index (χ1v) is 8.00. The van der Waals surface area contributed by atoms with E-state index in [9.17, 15) is 0 Å². The number of benzene rings is 1. The molecular weight excluding hydrogens is 296 g/mol. The summed E-state index contributed by atoms with van der Waals surface area (Å²) in [5, 5.41) is 5.41. The van der Waals surface area contributed by atoms with Crippen LogP contribution in [-0.4, -0.2) is 9.97 Å². The van der Waals surface area contributed by atoms with E-state index in [-0.39, 0.29) is 0 Å². The molecule has 2 nitrogen and oxygen atoms in total. The highest BCUT2D eigenvalue weighted by molar-refractivity contribution is 7.80. The molecule has 0 spiro atoms. The van der Waals surface area contributed by atoms with Crippen LogP contribution in [0.1, 0.15) is 0 Å². The number of thiophene rings is 1. The van der Waals surface area contributed by atoms with Crippen LogP contribution >= 0.6 is 24.0 Å². The van der Waals surface area contributed by atoms with E-state index < -0.39 is 0 Å². The lowest BCUT2D eigenvalue weighted by molar-refractivity contribution is 1.33. The molecule has 0 bridgehead atoms. The van der Waals surface area contributed by atoms with Crippen molar-refractivity contribution in [2.75, 3.05) is 0 Å². The van der Waals surface area contributed by atoms with Crippen LogP contribution in [0.2, 0.25) is 0 Å². The van der Waals surface area contributed by atoms with E-state index in [1.54, 1.807) is 11.3 Å². The number of nitrogens with zero attached hydrogens (tertiary/aromatic N) is 1. The molecule has 3 aromatic heterocycles. The lowest BCUT2D eigenvalue weighted by atomic mass is 9.99. The number of fused-ring (bicyclic) bond motifs is 1. The zero-order chi connectivity index (χ0) is 14.2. The zero-order valence-electron chi connectivity index (χ0n) is 11.1. The Balaban J connectivity index is 2.06. The highest BCUT2D eigenvalue weighted by Crippen LogP contribution is 2.38. The first-order valence-electron chi connectivity index (χ1n) is 6.61. The van der Waals surface area contributed by atoms with Crippen molar-refractivity contribution in [1.29, 1.82) is 0 Å². The predicted octanol–water partition coefficient (Wildman–Crippen LogP) is 5.25. The van der Waals surface area contributed by atoms with Gasteiger partial charge in [0, 0.05) is 28.2 Å². The SMILES string of the molecule is Sc1ccccc1-c1c[nH]c2nccc(-c3ccsc3)c12. The van der Waals surface area contributed by atoms with Crippen LogP contribution in [0.3, 0.4) is 0 Å². The Morgan fingerprint density at radius 2 is 1.90 bits per heavy atom. The Morgan fingerprint density at radius 1 is 1.00 bits per heavy atom. The van der Waals surface area contributed by atoms with Crippen molar-refractivity contribution in [1.82, 2.24) is 9.97 Å². The normalized spacial score (nSPS) is 11.1. The third kappa shape index (κ3) is 2.07. The molecule has 0 aliphatic heterocycles. The smallest absolute Gasteiger partial charge is 0.138 e. The minimum Gasteiger partial charge on any atom is -0.345 e. The van der Waals surface area contributed by atoms with Crippen molar-refractivity contribution in [3.8, 4) is 22.3 Å². The zero-order valence-corrected chi connectivity index (χ0v) is 12.8. The van der Waals surface area contributed by atoms with E-state index in [0.717, 1.165) is 27.1 Å². The number of pyridine rings is 1. The second-order valence-electron chi connectivity index (χ2n) is 4.81. The number of thiol groups is 1. The van der Waals surface area contributed by atoms with E-state index in [1.807, 2.05) is 30.6 Å². The van der Waals surface area contributed by atoms with Gasteiger partial charge in [-0.2, -0.15) is 11.3 Å². The number of nitrogens with one attached hydrogen (secondary N) is 1. The minimum absolute atomic E-state index is 0.908. The van der Waals surface area contributed by atoms with Crippen LogP contribution in [0, 0.1) is 0 Å². The van der Waals surface area contributed by atoms with Crippen molar-refractivity contribution in [2.24, 2.45) is 0 Å². The van der Waals surface area contributed by atoms with Crippen LogP contribution in [0.25, 0.3) is 33.3 Å². The molecule has 4 rings (SSSR count). The van der Waals surface area contributed by atoms with Gasteiger partial charge in [-0.05, 0) is 45.6 Å². The number of aromatic nitrogens is 2. The molecule has 0 fully saturated rings. The Morgan fingerprint density at radius 3 is 2.71 bits per heavy atom. The van der Waals surface area contributed by atoms with Crippen molar-refractivity contribution < 1.29 is 0 Å². The van der Waals surface area contributed by atoms with Gasteiger partial charge in [0.05, 0.1) is 0 Å². The minimum atomic E-state index is 0.908. The molecule has 1 aromatic carbocycles. The average Bonchev–Trinajstić information content (AvgIpc) is 3.17. The molecule has 0 radical (unpaired) electrons. The molecule has 0 saturated carbocycles. The molecule has 0 atom stereocenters. The maximum Gasteiger partial charge on any atom is 0.138 e. The summed E-state index contributed by atoms with van der Waals surface area (Å²) in [6.07, 6.45) is 3.87. The Bertz CT molecular complexity index is 908. The molecular formula is C17H12N2S2. The second-order valence-corrected chi connectivity index (χ2v) is 6.08. The first kappa shape index (κ1) is 12.7. The predicted molar refractivity (Wildman–Crippen MR) is 92.1 cm³/mol. The first-order chi connectivity index (χ1) is 10.3. The molecule has 4 aromatic rings. The standard InChI is InChI=1S/C17H12N2S2/c20-15-4-2-1-3-13(15)14-9-19-17-16(14)12(5-7-18-17)11-6-8-21-10-11/h1-10,20H,(H,18,19). The van der Waals surface area contributed by atoms with Gasteiger partial charge in [0.1, 0.15) is 5.65 Å². The summed E-state index contributed by atoms with van der Waals surface area (Å²) in [6.45, 7) is 0. The second kappa shape index (κ2) is 5.06. The molecule has 4 heteroatoms. The molecule has 3 heterocycles. The summed E-state index contributed by atoms with van der Waals surface area (Å²) in [5.74, 6) is 0. The van der Waals surface area contributed by atoms with Crippen LogP contribution < -0.4 is 0 Å². The van der Waals surface area contributed by atoms with Crippen LogP contribution in [0.4, 0.5) is 0 Å². The van der Waals surface area contributed by atoms with Gasteiger partial charge in [0.2, 0.25) is 0 Å². The molecule has 0 saturated heterocycles. The van der Waals surface area contributed by atoms with Gasteiger partial charge in [-0.15, -0.1) is 12.6 Å². The van der Waals surface area contributed by atoms with Gasteiger partial charge in [0.15, 0.2) is 0 Å². The number of hydrogen-bond acceptors (Lipinski definition) is 3. The van der Waals surface area contributed by atoms with E-state index in [2.05, 4.69) is 51.6 Å². The van der Waals surface area contributed by atoms with Crippen LogP contribution in [0.5, 0.6) is 0 Å². The fraction of sp³-hybridized carbons (Fsp3) is 0. The number of aromatic amines is 1. The summed E-state index contributed by atoms with van der Waals surface area (Å²) in [4.78, 5) is 8.70. The van der Waals surface area contributed by atoms with E-state index in [0.29, 0.717) is 0 Å². The maximum atomic E-state index is 4.59. The maximum absolute atomic E-state index is 4.59. The van der Waals surface area contributed by atoms with Crippen LogP contribution in [0.15, 0.2) is 64.4 Å². The van der Waals surface area contributed by atoms with E-state index in [1.165, 1.54) is 11.1 Å². The van der Waals surface area contributed by atoms with Gasteiger partial charge in [-0.25, -0.2) is 4.98 Å². The summed E-state index contributed by atoms with van der Waals surface area (Å²) < 4.78 is 0. The molecule has 1 N–H and O–H groups in total. The molecule has 21 heavy (non-hydrogen) atoms. The van der Waals surface area contributed by atoms with Crippen molar-refractivity contribution in [3.63, 3.8) is 0 Å². The number of H-pyrrole nitrogens is 1. The molecule has 0 aliphatic carbocycles. The summed E-state index contributed by atoms with van der Waals surface area (Å²) in [5.41, 5.74) is 5.60. The Hall–Kier alpha value is -2.04. The molecule has 0 aliphatic rings. The van der Waals surface area contributed by atoms with Gasteiger partial charge in [-0.3, -0.25) is 0 Å². The molecule has 0 amide bonds. The average molecular weight is 308 g/mol. The fourth-order valence-electron chi connectivity index (χ4n) is 2.63. The van der Waals surface area contributed by atoms with Gasteiger partial charge in [-0.1, -0.05) is 18.2 Å². The van der Waals surface area contributed by atoms with Gasteiger partial charge < -0.3 is 4.98 Å². The highest BCUT2D eigenvalue weighted by atomic mass is 32.1. The third-order valence-corrected chi connectivity index (χ3v) is 4.67. The van der Waals surface area contributed by atoms with Crippen molar-refractivity contribution in [2.45, 2.75) is 4.90 Å². The number of hydrogen-bond donors (Lipinski definition) is 2. The summed E-state index contributed by atoms with van der Waals surface area (Å²) >= 11 is 6.29. The van der Waals surface area contributed by atoms with Crippen LogP contribution in [-0.2, 0) is 0 Å². The van der Waals surface area contributed by atoms with Gasteiger partial charge >= 0.3 is 0 Å². The Labute approximate surface area is 131 Å². The lowest BCUT2D eigenvalue weighted by Crippen LogP contribution is -1.83. The third-order valence-electron chi connectivity index (χ3n) is 3.60. The van der Waals surface area contributed by atoms with E-state index in [4.69, 9.17) is 0 Å². The lowest BCUT2D eigenvalue weighted by Gasteiger charge is -2.06. The fourth-order valence-corrected chi connectivity index (χ4v) is 3.57. The van der Waals surface area contributed by atoms with Crippen molar-refractivity contribution >= 4 is 35.0 Å². The quantitative estimate of drug-likeness (QED) is 0.487. The topological polar surface area (TPSA) is 28.7 Å². The summed E-state index contributed by atoms with van der Waals surface area (Å²) in [7, 11) is 0.